The summed E-state index contributed by atoms with van der Waals surface area (Å²) < 4.78 is 31.7. The molecule has 0 bridgehead atoms. The van der Waals surface area contributed by atoms with E-state index >= 15 is 0 Å². The van der Waals surface area contributed by atoms with Crippen molar-refractivity contribution in [3.8, 4) is 5.75 Å². The van der Waals surface area contributed by atoms with Crippen molar-refractivity contribution in [2.24, 2.45) is 5.92 Å². The molecule has 0 unspecified atom stereocenters. The lowest BCUT2D eigenvalue weighted by molar-refractivity contribution is -0.146. The van der Waals surface area contributed by atoms with Crippen LogP contribution in [0.1, 0.15) is 45.4 Å². The molecule has 1 aliphatic rings. The first-order valence-corrected chi connectivity index (χ1v) is 14.6. The van der Waals surface area contributed by atoms with E-state index in [-0.39, 0.29) is 37.3 Å². The zero-order chi connectivity index (χ0) is 27.0. The number of aromatic nitrogens is 3. The molecule has 5 atom stereocenters. The lowest BCUT2D eigenvalue weighted by atomic mass is 10.1. The molecule has 37 heavy (non-hydrogen) atoms. The first-order valence-electron chi connectivity index (χ1n) is 12.1. The lowest BCUT2D eigenvalue weighted by Gasteiger charge is -2.25. The number of aliphatic hydroxyl groups excluding tert-OH is 1. The van der Waals surface area contributed by atoms with Gasteiger partial charge in [-0.3, -0.25) is 13.9 Å². The third-order valence-electron chi connectivity index (χ3n) is 5.96. The SMILES string of the molecule is CCC(CC)COC(=O)[C@H](C)N[P@](=O)(OC[C@H]1S[C@@H](n2cnc(N)nc2=O)C[C@@H]1O)Oc1ccccc1. The molecule has 2 aromatic rings. The standard InChI is InChI=1S/C23H34N5O7PS/c1-4-16(5-2)12-33-21(30)15(3)27-36(32,35-17-9-7-6-8-10-17)34-13-19-18(29)11-20(37-19)28-14-25-22(24)26-23(28)31/h6-10,14-16,18-20,29H,4-5,11-13H2,1-3H3,(H,27,32)(H2,24,26,31)/t15-,18-,19+,20+,36-/m0/s1. The van der Waals surface area contributed by atoms with E-state index < -0.39 is 42.2 Å². The number of carbonyl (C=O) groups excluding carboxylic acids is 1. The van der Waals surface area contributed by atoms with Crippen molar-refractivity contribution in [1.82, 2.24) is 19.6 Å². The molecule has 1 aliphatic heterocycles. The molecular weight excluding hydrogens is 521 g/mol. The van der Waals surface area contributed by atoms with Crippen molar-refractivity contribution in [3.63, 3.8) is 0 Å². The quantitative estimate of drug-likeness (QED) is 0.244. The summed E-state index contributed by atoms with van der Waals surface area (Å²) in [5.74, 6) is -0.195. The van der Waals surface area contributed by atoms with Crippen LogP contribution in [0.3, 0.4) is 0 Å². The van der Waals surface area contributed by atoms with Crippen molar-refractivity contribution >= 4 is 31.4 Å². The number of aliphatic hydroxyl groups is 1. The highest BCUT2D eigenvalue weighted by molar-refractivity contribution is 8.00. The molecular formula is C23H34N5O7PS. The van der Waals surface area contributed by atoms with Gasteiger partial charge >= 0.3 is 19.4 Å². The molecule has 4 N–H and O–H groups in total. The van der Waals surface area contributed by atoms with E-state index in [1.165, 1.54) is 29.6 Å². The normalized spacial score (nSPS) is 21.9. The Hall–Kier alpha value is -2.44. The van der Waals surface area contributed by atoms with Crippen LogP contribution in [-0.4, -0.2) is 56.2 Å². The molecule has 3 rings (SSSR count). The van der Waals surface area contributed by atoms with Gasteiger partial charge in [-0.2, -0.15) is 10.1 Å². The van der Waals surface area contributed by atoms with Gasteiger partial charge in [-0.15, -0.1) is 11.8 Å². The van der Waals surface area contributed by atoms with E-state index in [4.69, 9.17) is 19.5 Å². The Bertz CT molecular complexity index is 1130. The Labute approximate surface area is 219 Å². The van der Waals surface area contributed by atoms with Gasteiger partial charge in [-0.05, 0) is 25.0 Å². The van der Waals surface area contributed by atoms with E-state index in [2.05, 4.69) is 15.1 Å². The van der Waals surface area contributed by atoms with Gasteiger partial charge in [0.25, 0.3) is 0 Å². The van der Waals surface area contributed by atoms with Crippen LogP contribution in [0.5, 0.6) is 5.75 Å². The molecule has 14 heteroatoms. The highest BCUT2D eigenvalue weighted by atomic mass is 32.2. The Morgan fingerprint density at radius 2 is 2.03 bits per heavy atom. The van der Waals surface area contributed by atoms with Gasteiger partial charge in [-0.25, -0.2) is 14.3 Å². The van der Waals surface area contributed by atoms with Crippen molar-refractivity contribution < 1.29 is 28.3 Å². The van der Waals surface area contributed by atoms with Crippen molar-refractivity contribution in [3.05, 3.63) is 47.1 Å². The number of esters is 1. The summed E-state index contributed by atoms with van der Waals surface area (Å²) in [4.78, 5) is 32.2. The predicted octanol–water partition coefficient (Wildman–Crippen LogP) is 2.75. The molecule has 0 saturated carbocycles. The van der Waals surface area contributed by atoms with Gasteiger partial charge in [0, 0.05) is 6.42 Å². The van der Waals surface area contributed by atoms with Crippen LogP contribution in [0.2, 0.25) is 0 Å². The summed E-state index contributed by atoms with van der Waals surface area (Å²) in [5.41, 5.74) is 4.87. The fourth-order valence-corrected chi connectivity index (χ4v) is 6.65. The lowest BCUT2D eigenvalue weighted by Crippen LogP contribution is -2.36. The number of para-hydroxylation sites is 1. The summed E-state index contributed by atoms with van der Waals surface area (Å²) in [7, 11) is -4.08. The van der Waals surface area contributed by atoms with Gasteiger partial charge in [0.15, 0.2) is 0 Å². The molecule has 0 amide bonds. The number of benzene rings is 1. The minimum Gasteiger partial charge on any atom is -0.464 e. The van der Waals surface area contributed by atoms with Crippen molar-refractivity contribution in [1.29, 1.82) is 0 Å². The van der Waals surface area contributed by atoms with Gasteiger partial charge < -0.3 is 20.1 Å². The molecule has 1 saturated heterocycles. The minimum atomic E-state index is -4.08. The fourth-order valence-electron chi connectivity index (χ4n) is 3.61. The molecule has 1 fully saturated rings. The summed E-state index contributed by atoms with van der Waals surface area (Å²) in [5, 5.41) is 12.2. The van der Waals surface area contributed by atoms with Crippen molar-refractivity contribution in [2.45, 2.75) is 62.8 Å². The zero-order valence-corrected chi connectivity index (χ0v) is 22.8. The largest absolute Gasteiger partial charge is 0.464 e. The molecule has 0 aliphatic carbocycles. The third-order valence-corrected chi connectivity index (χ3v) is 9.14. The number of hydrogen-bond donors (Lipinski definition) is 3. The van der Waals surface area contributed by atoms with Crippen LogP contribution in [0.25, 0.3) is 0 Å². The van der Waals surface area contributed by atoms with Crippen LogP contribution in [-0.2, 0) is 18.6 Å². The molecule has 12 nitrogen and oxygen atoms in total. The number of nitrogen functional groups attached to an aromatic ring is 1. The van der Waals surface area contributed by atoms with Gasteiger partial charge in [0.1, 0.15) is 18.1 Å². The molecule has 2 heterocycles. The van der Waals surface area contributed by atoms with E-state index in [1.807, 2.05) is 13.8 Å². The Balaban J connectivity index is 1.68. The highest BCUT2D eigenvalue weighted by Gasteiger charge is 2.39. The maximum absolute atomic E-state index is 13.7. The summed E-state index contributed by atoms with van der Waals surface area (Å²) in [6, 6.07) is 7.43. The number of rotatable bonds is 13. The van der Waals surface area contributed by atoms with E-state index in [0.29, 0.717) is 0 Å². The zero-order valence-electron chi connectivity index (χ0n) is 21.1. The first kappa shape index (κ1) is 29.1. The number of nitrogens with zero attached hydrogens (tertiary/aromatic N) is 3. The molecule has 0 spiro atoms. The van der Waals surface area contributed by atoms with Crippen LogP contribution in [0.4, 0.5) is 5.95 Å². The second-order valence-electron chi connectivity index (χ2n) is 8.70. The molecule has 0 radical (unpaired) electrons. The molecule has 1 aromatic carbocycles. The smallest absolute Gasteiger partial charge is 0.459 e. The van der Waals surface area contributed by atoms with Crippen LogP contribution in [0.15, 0.2) is 41.5 Å². The average molecular weight is 556 g/mol. The number of hydrogen-bond acceptors (Lipinski definition) is 11. The second kappa shape index (κ2) is 13.4. The number of anilines is 1. The third kappa shape index (κ3) is 8.27. The first-order chi connectivity index (χ1) is 17.6. The second-order valence-corrected chi connectivity index (χ2v) is 11.8. The van der Waals surface area contributed by atoms with Gasteiger partial charge in [0.05, 0.1) is 29.9 Å². The average Bonchev–Trinajstić information content (AvgIpc) is 3.23. The van der Waals surface area contributed by atoms with Crippen LogP contribution < -0.4 is 21.0 Å². The highest BCUT2D eigenvalue weighted by Crippen LogP contribution is 2.48. The maximum atomic E-state index is 13.7. The number of ether oxygens (including phenoxy) is 1. The molecule has 204 valence electrons. The van der Waals surface area contributed by atoms with Crippen molar-refractivity contribution in [2.75, 3.05) is 18.9 Å². The molecule has 1 aromatic heterocycles. The minimum absolute atomic E-state index is 0.137. The predicted molar refractivity (Wildman–Crippen MR) is 140 cm³/mol. The Morgan fingerprint density at radius 3 is 2.68 bits per heavy atom. The maximum Gasteiger partial charge on any atom is 0.459 e. The monoisotopic (exact) mass is 555 g/mol. The van der Waals surface area contributed by atoms with E-state index in [0.717, 1.165) is 12.8 Å². The van der Waals surface area contributed by atoms with Gasteiger partial charge in [-0.1, -0.05) is 44.9 Å². The van der Waals surface area contributed by atoms with Crippen LogP contribution in [0, 0.1) is 5.92 Å². The van der Waals surface area contributed by atoms with Crippen LogP contribution >= 0.6 is 19.5 Å². The Kier molecular flexibility index (Phi) is 10.5. The van der Waals surface area contributed by atoms with Gasteiger partial charge in [0.2, 0.25) is 5.95 Å². The Morgan fingerprint density at radius 1 is 1.32 bits per heavy atom. The number of nitrogens with two attached hydrogens (primary N) is 1. The number of thioether (sulfide) groups is 1. The topological polar surface area (TPSA) is 168 Å². The summed E-state index contributed by atoms with van der Waals surface area (Å²) in [6.45, 7) is 5.65. The number of nitrogens with one attached hydrogen (secondary N) is 1. The van der Waals surface area contributed by atoms with E-state index in [1.54, 1.807) is 30.3 Å². The summed E-state index contributed by atoms with van der Waals surface area (Å²) in [6.07, 6.45) is 2.38. The number of carbonyl (C=O) groups is 1. The fraction of sp³-hybridized carbons (Fsp3) is 0.565. The van der Waals surface area contributed by atoms with E-state index in [9.17, 15) is 19.3 Å². The summed E-state index contributed by atoms with van der Waals surface area (Å²) >= 11 is 1.25.